The monoisotopic (exact) mass is 511 g/mol. The predicted octanol–water partition coefficient (Wildman–Crippen LogP) is 4.98. The summed E-state index contributed by atoms with van der Waals surface area (Å²) in [5.41, 5.74) is 0.736. The Hall–Kier alpha value is -3.72. The molecule has 0 aliphatic carbocycles. The van der Waals surface area contributed by atoms with Crippen LogP contribution in [0, 0.1) is 0 Å². The molecule has 1 aliphatic heterocycles. The number of halogens is 1. The Morgan fingerprint density at radius 2 is 1.69 bits per heavy atom. The third-order valence-corrected chi connectivity index (χ3v) is 7.43. The second kappa shape index (κ2) is 9.73. The zero-order valence-corrected chi connectivity index (χ0v) is 20.9. The number of fused-ring (bicyclic) bond motifs is 3. The van der Waals surface area contributed by atoms with E-state index in [1.54, 1.807) is 30.3 Å². The lowest BCUT2D eigenvalue weighted by Gasteiger charge is -2.21. The summed E-state index contributed by atoms with van der Waals surface area (Å²) in [6, 6.07) is 14.1. The van der Waals surface area contributed by atoms with Crippen molar-refractivity contribution in [1.82, 2.24) is 5.32 Å². The summed E-state index contributed by atoms with van der Waals surface area (Å²) in [7, 11) is -3.84. The highest BCUT2D eigenvalue weighted by Crippen LogP contribution is 2.37. The molecule has 0 spiro atoms. The summed E-state index contributed by atoms with van der Waals surface area (Å²) in [4.78, 5) is 23.9. The number of hydrogen-bond donors (Lipinski definition) is 1. The van der Waals surface area contributed by atoms with Crippen molar-refractivity contribution in [2.75, 3.05) is 6.61 Å². The molecule has 188 valence electrons. The van der Waals surface area contributed by atoms with Crippen LogP contribution in [0.3, 0.4) is 0 Å². The van der Waals surface area contributed by atoms with Gasteiger partial charge in [-0.25, -0.2) is 13.2 Å². The number of carbonyl (C=O) groups excluding carboxylic acids is 2. The highest BCUT2D eigenvalue weighted by atomic mass is 32.2. The van der Waals surface area contributed by atoms with Gasteiger partial charge in [-0.05, 0) is 61.4 Å². The van der Waals surface area contributed by atoms with Crippen molar-refractivity contribution in [1.29, 1.82) is 0 Å². The van der Waals surface area contributed by atoms with E-state index < -0.39 is 34.6 Å². The second-order valence-corrected chi connectivity index (χ2v) is 11.4. The average molecular weight is 512 g/mol. The Balaban J connectivity index is 1.41. The number of sulfone groups is 1. The standard InChI is InChI=1S/C27H26FNO6S/c1-27(2,3)35-19-11-8-17(9-12-19)14-23(25(28)30)29-26(31)34-16-20-15-22-21-7-5-4-6-18(21)10-13-24(22)36(20,32)33/h4-13,15,23H,14,16H2,1-3H3,(H,29,31)/t23-/m0/s1. The first-order valence-electron chi connectivity index (χ1n) is 11.3. The zero-order chi connectivity index (χ0) is 26.1. The number of amides is 1. The van der Waals surface area contributed by atoms with Gasteiger partial charge >= 0.3 is 12.1 Å². The number of carbonyl (C=O) groups is 2. The molecule has 0 aromatic heterocycles. The van der Waals surface area contributed by atoms with Gasteiger partial charge < -0.3 is 14.8 Å². The van der Waals surface area contributed by atoms with Gasteiger partial charge in [0, 0.05) is 12.0 Å². The summed E-state index contributed by atoms with van der Waals surface area (Å²) in [6.45, 7) is 5.16. The molecule has 1 aliphatic rings. The zero-order valence-electron chi connectivity index (χ0n) is 20.1. The van der Waals surface area contributed by atoms with E-state index in [9.17, 15) is 22.4 Å². The van der Waals surface area contributed by atoms with E-state index in [0.29, 0.717) is 16.9 Å². The summed E-state index contributed by atoms with van der Waals surface area (Å²) in [5.74, 6) is 0.613. The van der Waals surface area contributed by atoms with Crippen LogP contribution in [-0.4, -0.2) is 38.8 Å². The molecule has 0 radical (unpaired) electrons. The lowest BCUT2D eigenvalue weighted by Crippen LogP contribution is -2.41. The molecule has 4 rings (SSSR count). The number of ether oxygens (including phenoxy) is 2. The molecule has 7 nitrogen and oxygen atoms in total. The van der Waals surface area contributed by atoms with Crippen LogP contribution >= 0.6 is 0 Å². The van der Waals surface area contributed by atoms with Gasteiger partial charge in [0.25, 0.3) is 0 Å². The molecule has 3 aromatic carbocycles. The van der Waals surface area contributed by atoms with Crippen molar-refractivity contribution >= 4 is 38.8 Å². The van der Waals surface area contributed by atoms with Gasteiger partial charge in [-0.2, -0.15) is 4.39 Å². The van der Waals surface area contributed by atoms with E-state index in [4.69, 9.17) is 9.47 Å². The second-order valence-electron chi connectivity index (χ2n) is 9.45. The van der Waals surface area contributed by atoms with Crippen LogP contribution in [0.25, 0.3) is 16.8 Å². The molecule has 36 heavy (non-hydrogen) atoms. The largest absolute Gasteiger partial charge is 0.488 e. The Morgan fingerprint density at radius 3 is 2.36 bits per heavy atom. The molecule has 0 saturated heterocycles. The van der Waals surface area contributed by atoms with Gasteiger partial charge in [0.05, 0.1) is 9.80 Å². The minimum atomic E-state index is -3.84. The number of nitrogens with one attached hydrogen (secondary N) is 1. The average Bonchev–Trinajstić information content (AvgIpc) is 3.07. The molecule has 0 bridgehead atoms. The lowest BCUT2D eigenvalue weighted by molar-refractivity contribution is -0.131. The molecule has 3 aromatic rings. The minimum absolute atomic E-state index is 0.0958. The van der Waals surface area contributed by atoms with Crippen LogP contribution in [0.15, 0.2) is 70.5 Å². The van der Waals surface area contributed by atoms with Gasteiger partial charge in [-0.3, -0.25) is 4.79 Å². The van der Waals surface area contributed by atoms with Crippen LogP contribution in [0.4, 0.5) is 9.18 Å². The van der Waals surface area contributed by atoms with Gasteiger partial charge in [0.1, 0.15) is 24.0 Å². The first-order chi connectivity index (χ1) is 16.9. The summed E-state index contributed by atoms with van der Waals surface area (Å²) in [6.07, 6.45) is 0.258. The fourth-order valence-corrected chi connectivity index (χ4v) is 5.42. The van der Waals surface area contributed by atoms with Crippen molar-refractivity contribution < 1.29 is 31.9 Å². The van der Waals surface area contributed by atoms with Gasteiger partial charge in [-0.1, -0.05) is 42.5 Å². The van der Waals surface area contributed by atoms with Crippen molar-refractivity contribution in [3.8, 4) is 5.75 Å². The highest BCUT2D eigenvalue weighted by molar-refractivity contribution is 7.95. The van der Waals surface area contributed by atoms with Gasteiger partial charge in [0.15, 0.2) is 0 Å². The maximum absolute atomic E-state index is 13.7. The molecule has 1 amide bonds. The number of alkyl carbamates (subject to hydrolysis) is 1. The fraction of sp³-hybridized carbons (Fsp3) is 0.259. The predicted molar refractivity (Wildman–Crippen MR) is 134 cm³/mol. The maximum atomic E-state index is 13.7. The van der Waals surface area contributed by atoms with E-state index in [1.807, 2.05) is 45.0 Å². The molecule has 1 heterocycles. The molecule has 9 heteroatoms. The third-order valence-electron chi connectivity index (χ3n) is 5.57. The van der Waals surface area contributed by atoms with E-state index in [-0.39, 0.29) is 21.8 Å². The topological polar surface area (TPSA) is 98.8 Å². The maximum Gasteiger partial charge on any atom is 0.408 e. The summed E-state index contributed by atoms with van der Waals surface area (Å²) >= 11 is 0. The van der Waals surface area contributed by atoms with Crippen LogP contribution in [-0.2, 0) is 25.8 Å². The minimum Gasteiger partial charge on any atom is -0.488 e. The molecule has 1 N–H and O–H groups in total. The van der Waals surface area contributed by atoms with Crippen molar-refractivity contribution in [2.24, 2.45) is 0 Å². The normalized spacial score (nSPS) is 15.1. The molecular weight excluding hydrogens is 485 g/mol. The van der Waals surface area contributed by atoms with Crippen molar-refractivity contribution in [3.63, 3.8) is 0 Å². The fourth-order valence-electron chi connectivity index (χ4n) is 3.95. The van der Waals surface area contributed by atoms with Crippen LogP contribution < -0.4 is 10.1 Å². The van der Waals surface area contributed by atoms with E-state index in [0.717, 1.165) is 10.8 Å². The smallest absolute Gasteiger partial charge is 0.408 e. The molecule has 0 unspecified atom stereocenters. The Bertz CT molecular complexity index is 1460. The van der Waals surface area contributed by atoms with Crippen LogP contribution in [0.2, 0.25) is 0 Å². The molecule has 0 fully saturated rings. The van der Waals surface area contributed by atoms with Gasteiger partial charge in [-0.15, -0.1) is 0 Å². The van der Waals surface area contributed by atoms with E-state index in [1.165, 1.54) is 12.1 Å². The molecule has 1 atom stereocenters. The molecule has 0 saturated carbocycles. The van der Waals surface area contributed by atoms with Crippen molar-refractivity contribution in [2.45, 2.75) is 43.7 Å². The first-order valence-corrected chi connectivity index (χ1v) is 12.8. The summed E-state index contributed by atoms with van der Waals surface area (Å²) < 4.78 is 50.3. The van der Waals surface area contributed by atoms with E-state index >= 15 is 0 Å². The highest BCUT2D eigenvalue weighted by Gasteiger charge is 2.32. The Morgan fingerprint density at radius 1 is 1.00 bits per heavy atom. The van der Waals surface area contributed by atoms with Crippen LogP contribution in [0.5, 0.6) is 5.75 Å². The van der Waals surface area contributed by atoms with Gasteiger partial charge in [0.2, 0.25) is 9.84 Å². The van der Waals surface area contributed by atoms with Crippen LogP contribution in [0.1, 0.15) is 31.9 Å². The SMILES string of the molecule is CC(C)(C)Oc1ccc(C[C@H](NC(=O)OCC2=Cc3c(ccc4ccccc34)S2(=O)=O)C(=O)F)cc1. The Labute approximate surface area is 208 Å². The lowest BCUT2D eigenvalue weighted by atomic mass is 10.0. The number of hydrogen-bond acceptors (Lipinski definition) is 6. The first kappa shape index (κ1) is 25.4. The van der Waals surface area contributed by atoms with E-state index in [2.05, 4.69) is 5.32 Å². The number of rotatable bonds is 7. The Kier molecular flexibility index (Phi) is 6.86. The summed E-state index contributed by atoms with van der Waals surface area (Å²) in [5, 5.41) is 3.82. The third kappa shape index (κ3) is 5.57. The quantitative estimate of drug-likeness (QED) is 0.450. The number of benzene rings is 3. The van der Waals surface area contributed by atoms with Crippen molar-refractivity contribution in [3.05, 3.63) is 76.7 Å². The molecular formula is C27H26FNO6S.